The summed E-state index contributed by atoms with van der Waals surface area (Å²) in [6.07, 6.45) is 1.10. The van der Waals surface area contributed by atoms with Gasteiger partial charge < -0.3 is 9.47 Å². The lowest BCUT2D eigenvalue weighted by Gasteiger charge is -2.26. The van der Waals surface area contributed by atoms with Crippen molar-refractivity contribution >= 4 is 18.0 Å². The molecule has 1 heterocycles. The molecule has 1 aromatic rings. The van der Waals surface area contributed by atoms with Crippen LogP contribution >= 0.6 is 0 Å². The normalized spacial score (nSPS) is 18.1. The molecule has 0 unspecified atom stereocenters. The smallest absolute Gasteiger partial charge is 0.416 e. The first-order valence-electron chi connectivity index (χ1n) is 9.47. The van der Waals surface area contributed by atoms with Crippen LogP contribution in [0, 0.1) is 5.92 Å². The topological polar surface area (TPSA) is 72.9 Å². The highest BCUT2D eigenvalue weighted by Gasteiger charge is 2.41. The quantitative estimate of drug-likeness (QED) is 0.679. The van der Waals surface area contributed by atoms with E-state index >= 15 is 0 Å². The fraction of sp³-hybridized carbons (Fsp3) is 0.571. The van der Waals surface area contributed by atoms with Crippen LogP contribution in [-0.4, -0.2) is 41.1 Å². The van der Waals surface area contributed by atoms with Gasteiger partial charge in [-0.15, -0.1) is 0 Å². The Morgan fingerprint density at radius 3 is 2.52 bits per heavy atom. The molecule has 1 aromatic carbocycles. The van der Waals surface area contributed by atoms with Gasteiger partial charge in [0.25, 0.3) is 0 Å². The van der Waals surface area contributed by atoms with Crippen LogP contribution in [-0.2, 0) is 25.5 Å². The molecule has 148 valence electrons. The van der Waals surface area contributed by atoms with Crippen molar-refractivity contribution in [3.63, 3.8) is 0 Å². The molecule has 1 aliphatic heterocycles. The van der Waals surface area contributed by atoms with Gasteiger partial charge in [0.2, 0.25) is 5.91 Å². The molecule has 0 N–H and O–H groups in total. The minimum atomic E-state index is -0.633. The standard InChI is InChI=1S/C21H29NO5/c1-5-9-16(13-18(23)27-21(2,3)4)19(24)22-17(14-26-20(22)25)12-15-10-7-6-8-11-15/h6-8,10-11,16-17H,5,9,12-14H2,1-4H3/t16-,17+/m1/s1. The number of nitrogens with zero attached hydrogens (tertiary/aromatic N) is 1. The molecule has 1 saturated heterocycles. The molecule has 2 atom stereocenters. The SMILES string of the molecule is CCC[C@H](CC(=O)OC(C)(C)C)C(=O)N1C(=O)OC[C@@H]1Cc1ccccc1. The van der Waals surface area contributed by atoms with E-state index in [0.29, 0.717) is 12.8 Å². The predicted molar refractivity (Wildman–Crippen MR) is 101 cm³/mol. The lowest BCUT2D eigenvalue weighted by atomic mass is 9.96. The van der Waals surface area contributed by atoms with E-state index in [9.17, 15) is 14.4 Å². The van der Waals surface area contributed by atoms with Crippen LogP contribution in [0.3, 0.4) is 0 Å². The first-order chi connectivity index (χ1) is 12.7. The van der Waals surface area contributed by atoms with Crippen LogP contribution in [0.4, 0.5) is 4.79 Å². The summed E-state index contributed by atoms with van der Waals surface area (Å²) in [7, 11) is 0. The van der Waals surface area contributed by atoms with Crippen molar-refractivity contribution in [3.05, 3.63) is 35.9 Å². The van der Waals surface area contributed by atoms with E-state index in [0.717, 1.165) is 12.0 Å². The highest BCUT2D eigenvalue weighted by molar-refractivity contribution is 5.96. The molecule has 2 amide bonds. The summed E-state index contributed by atoms with van der Waals surface area (Å²) in [4.78, 5) is 38.7. The number of cyclic esters (lactones) is 1. The Hall–Kier alpha value is -2.37. The molecule has 0 saturated carbocycles. The molecule has 6 heteroatoms. The largest absolute Gasteiger partial charge is 0.460 e. The van der Waals surface area contributed by atoms with Crippen molar-refractivity contribution in [3.8, 4) is 0 Å². The number of hydrogen-bond donors (Lipinski definition) is 0. The molecule has 0 radical (unpaired) electrons. The average Bonchev–Trinajstić information content (AvgIpc) is 2.93. The molecule has 2 rings (SSSR count). The van der Waals surface area contributed by atoms with E-state index in [1.807, 2.05) is 37.3 Å². The molecular formula is C21H29NO5. The third-order valence-corrected chi connectivity index (χ3v) is 4.33. The Kier molecular flexibility index (Phi) is 6.99. The molecule has 0 aromatic heterocycles. The van der Waals surface area contributed by atoms with Gasteiger partial charge in [-0.25, -0.2) is 9.69 Å². The van der Waals surface area contributed by atoms with Crippen molar-refractivity contribution in [2.24, 2.45) is 5.92 Å². The number of rotatable bonds is 7. The van der Waals surface area contributed by atoms with Crippen LogP contribution in [0.5, 0.6) is 0 Å². The third-order valence-electron chi connectivity index (χ3n) is 4.33. The van der Waals surface area contributed by atoms with Crippen molar-refractivity contribution in [2.45, 2.75) is 65.0 Å². The van der Waals surface area contributed by atoms with Gasteiger partial charge in [0.1, 0.15) is 12.2 Å². The molecule has 6 nitrogen and oxygen atoms in total. The summed E-state index contributed by atoms with van der Waals surface area (Å²) in [5.74, 6) is -1.37. The second-order valence-electron chi connectivity index (χ2n) is 7.90. The molecule has 1 aliphatic rings. The fourth-order valence-corrected chi connectivity index (χ4v) is 3.21. The minimum absolute atomic E-state index is 0.0359. The van der Waals surface area contributed by atoms with Gasteiger partial charge >= 0.3 is 12.1 Å². The van der Waals surface area contributed by atoms with E-state index in [4.69, 9.17) is 9.47 Å². The van der Waals surface area contributed by atoms with E-state index in [-0.39, 0.29) is 25.0 Å². The number of imide groups is 1. The summed E-state index contributed by atoms with van der Waals surface area (Å²) < 4.78 is 10.5. The van der Waals surface area contributed by atoms with Crippen molar-refractivity contribution < 1.29 is 23.9 Å². The van der Waals surface area contributed by atoms with Crippen LogP contribution < -0.4 is 0 Å². The number of amides is 2. The summed E-state index contributed by atoms with van der Waals surface area (Å²) in [5.41, 5.74) is 0.414. The molecule has 1 fully saturated rings. The Bertz CT molecular complexity index is 665. The van der Waals surface area contributed by atoms with Gasteiger partial charge in [-0.05, 0) is 39.2 Å². The Balaban J connectivity index is 2.11. The molecule has 0 bridgehead atoms. The molecule has 0 spiro atoms. The summed E-state index contributed by atoms with van der Waals surface area (Å²) >= 11 is 0. The summed E-state index contributed by atoms with van der Waals surface area (Å²) in [5, 5.41) is 0. The van der Waals surface area contributed by atoms with Crippen LogP contribution in [0.1, 0.15) is 52.5 Å². The lowest BCUT2D eigenvalue weighted by Crippen LogP contribution is -2.44. The maximum absolute atomic E-state index is 13.1. The van der Waals surface area contributed by atoms with Gasteiger partial charge in [0.15, 0.2) is 0 Å². The van der Waals surface area contributed by atoms with Gasteiger partial charge in [0.05, 0.1) is 12.5 Å². The Labute approximate surface area is 160 Å². The number of carbonyl (C=O) groups is 3. The van der Waals surface area contributed by atoms with Crippen molar-refractivity contribution in [1.29, 1.82) is 0 Å². The van der Waals surface area contributed by atoms with E-state index in [1.165, 1.54) is 4.90 Å². The fourth-order valence-electron chi connectivity index (χ4n) is 3.21. The zero-order valence-corrected chi connectivity index (χ0v) is 16.6. The monoisotopic (exact) mass is 375 g/mol. The van der Waals surface area contributed by atoms with Gasteiger partial charge in [0, 0.05) is 5.92 Å². The highest BCUT2D eigenvalue weighted by atomic mass is 16.6. The van der Waals surface area contributed by atoms with Crippen molar-refractivity contribution in [2.75, 3.05) is 6.61 Å². The van der Waals surface area contributed by atoms with E-state index in [1.54, 1.807) is 20.8 Å². The van der Waals surface area contributed by atoms with Gasteiger partial charge in [-0.1, -0.05) is 43.7 Å². The summed E-state index contributed by atoms with van der Waals surface area (Å²) in [6, 6.07) is 9.31. The second kappa shape index (κ2) is 9.02. The average molecular weight is 375 g/mol. The maximum Gasteiger partial charge on any atom is 0.416 e. The zero-order valence-electron chi connectivity index (χ0n) is 16.6. The van der Waals surface area contributed by atoms with Crippen molar-refractivity contribution in [1.82, 2.24) is 4.90 Å². The third kappa shape index (κ3) is 6.08. The van der Waals surface area contributed by atoms with Crippen LogP contribution in [0.25, 0.3) is 0 Å². The predicted octanol–water partition coefficient (Wildman–Crippen LogP) is 3.72. The van der Waals surface area contributed by atoms with Gasteiger partial charge in [-0.2, -0.15) is 0 Å². The van der Waals surface area contributed by atoms with Gasteiger partial charge in [-0.3, -0.25) is 9.59 Å². The Morgan fingerprint density at radius 2 is 1.93 bits per heavy atom. The zero-order chi connectivity index (χ0) is 20.0. The van der Waals surface area contributed by atoms with Crippen LogP contribution in [0.15, 0.2) is 30.3 Å². The number of ether oxygens (including phenoxy) is 2. The van der Waals surface area contributed by atoms with E-state index < -0.39 is 23.6 Å². The number of carbonyl (C=O) groups excluding carboxylic acids is 3. The summed E-state index contributed by atoms with van der Waals surface area (Å²) in [6.45, 7) is 7.48. The molecular weight excluding hydrogens is 346 g/mol. The first-order valence-corrected chi connectivity index (χ1v) is 9.47. The van der Waals surface area contributed by atoms with Crippen LogP contribution in [0.2, 0.25) is 0 Å². The second-order valence-corrected chi connectivity index (χ2v) is 7.90. The highest BCUT2D eigenvalue weighted by Crippen LogP contribution is 2.24. The lowest BCUT2D eigenvalue weighted by molar-refractivity contribution is -0.158. The minimum Gasteiger partial charge on any atom is -0.460 e. The number of esters is 1. The molecule has 0 aliphatic carbocycles. The molecule has 27 heavy (non-hydrogen) atoms. The van der Waals surface area contributed by atoms with E-state index in [2.05, 4.69) is 0 Å². The number of benzene rings is 1. The number of hydrogen-bond acceptors (Lipinski definition) is 5. The first kappa shape index (κ1) is 20.9. The Morgan fingerprint density at radius 1 is 1.26 bits per heavy atom. The maximum atomic E-state index is 13.1.